The van der Waals surface area contributed by atoms with Crippen LogP contribution in [0.15, 0.2) is 18.2 Å². The van der Waals surface area contributed by atoms with Gasteiger partial charge in [0.1, 0.15) is 5.82 Å². The largest absolute Gasteiger partial charge is 0.341 e. The molecule has 1 aliphatic rings. The quantitative estimate of drug-likeness (QED) is 0.859. The lowest BCUT2D eigenvalue weighted by molar-refractivity contribution is -0.133. The van der Waals surface area contributed by atoms with Crippen molar-refractivity contribution in [3.63, 3.8) is 0 Å². The van der Waals surface area contributed by atoms with Crippen LogP contribution in [0.3, 0.4) is 0 Å². The molecule has 1 aliphatic heterocycles. The van der Waals surface area contributed by atoms with E-state index >= 15 is 0 Å². The molecule has 1 fully saturated rings. The Kier molecular flexibility index (Phi) is 5.27. The van der Waals surface area contributed by atoms with E-state index in [1.165, 1.54) is 0 Å². The van der Waals surface area contributed by atoms with Gasteiger partial charge in [0.05, 0.1) is 12.5 Å². The highest BCUT2D eigenvalue weighted by Crippen LogP contribution is 2.18. The summed E-state index contributed by atoms with van der Waals surface area (Å²) in [6.45, 7) is 3.41. The topological polar surface area (TPSA) is 74.3 Å². The fraction of sp³-hybridized carbons (Fsp3) is 0.533. The van der Waals surface area contributed by atoms with Gasteiger partial charge in [0, 0.05) is 18.8 Å². The lowest BCUT2D eigenvalue weighted by atomic mass is 9.97. The van der Waals surface area contributed by atoms with Crippen LogP contribution in [0.1, 0.15) is 18.5 Å². The second-order valence-corrected chi connectivity index (χ2v) is 5.36. The zero-order chi connectivity index (χ0) is 15.2. The summed E-state index contributed by atoms with van der Waals surface area (Å²) in [7, 11) is 1.75. The van der Waals surface area contributed by atoms with Crippen LogP contribution >= 0.6 is 0 Å². The minimum atomic E-state index is -0.165. The summed E-state index contributed by atoms with van der Waals surface area (Å²) in [6, 6.07) is 5.52. The predicted octanol–water partition coefficient (Wildman–Crippen LogP) is 0.787. The number of anilines is 1. The normalized spacial score (nSPS) is 18.4. The molecule has 114 valence electrons. The van der Waals surface area contributed by atoms with Crippen molar-refractivity contribution in [2.45, 2.75) is 19.8 Å². The minimum Gasteiger partial charge on any atom is -0.341 e. The van der Waals surface area contributed by atoms with Crippen molar-refractivity contribution in [3.05, 3.63) is 23.9 Å². The maximum absolute atomic E-state index is 12.3. The van der Waals surface area contributed by atoms with Gasteiger partial charge in [-0.3, -0.25) is 9.59 Å². The van der Waals surface area contributed by atoms with E-state index in [4.69, 9.17) is 0 Å². The van der Waals surface area contributed by atoms with E-state index in [0.29, 0.717) is 18.9 Å². The average Bonchev–Trinajstić information content (AvgIpc) is 2.47. The van der Waals surface area contributed by atoms with Gasteiger partial charge in [-0.15, -0.1) is 0 Å². The Bertz CT molecular complexity index is 518. The molecule has 0 saturated carbocycles. The Hall–Kier alpha value is -1.95. The van der Waals surface area contributed by atoms with Gasteiger partial charge < -0.3 is 15.5 Å². The second kappa shape index (κ2) is 7.17. The first-order chi connectivity index (χ1) is 10.1. The molecule has 2 N–H and O–H groups in total. The number of aryl methyl sites for hydroxylation is 1. The first-order valence-corrected chi connectivity index (χ1v) is 7.27. The maximum atomic E-state index is 12.3. The van der Waals surface area contributed by atoms with Crippen molar-refractivity contribution >= 4 is 17.6 Å². The number of piperidine rings is 1. The highest BCUT2D eigenvalue weighted by atomic mass is 16.2. The van der Waals surface area contributed by atoms with Crippen molar-refractivity contribution < 1.29 is 9.59 Å². The first kappa shape index (κ1) is 15.4. The van der Waals surface area contributed by atoms with Gasteiger partial charge in [0.25, 0.3) is 0 Å². The Labute approximate surface area is 124 Å². The summed E-state index contributed by atoms with van der Waals surface area (Å²) >= 11 is 0. The highest BCUT2D eigenvalue weighted by Gasteiger charge is 2.28. The molecule has 1 saturated heterocycles. The molecule has 2 amide bonds. The molecule has 0 bridgehead atoms. The molecule has 1 atom stereocenters. The van der Waals surface area contributed by atoms with Crippen LogP contribution in [-0.4, -0.2) is 48.4 Å². The molecule has 0 aliphatic carbocycles. The number of nitrogens with one attached hydrogen (secondary N) is 2. The molecule has 6 nitrogen and oxygen atoms in total. The first-order valence-electron chi connectivity index (χ1n) is 7.27. The van der Waals surface area contributed by atoms with E-state index in [1.54, 1.807) is 18.0 Å². The lowest BCUT2D eigenvalue weighted by Crippen LogP contribution is -2.46. The summed E-state index contributed by atoms with van der Waals surface area (Å²) < 4.78 is 0. The Balaban J connectivity index is 1.94. The molecule has 0 radical (unpaired) electrons. The number of carbonyl (C=O) groups excluding carboxylic acids is 2. The van der Waals surface area contributed by atoms with Crippen molar-refractivity contribution in [1.82, 2.24) is 15.2 Å². The maximum Gasteiger partial charge on any atom is 0.236 e. The molecule has 2 heterocycles. The standard InChI is InChI=1S/C15H22N4O2/c1-11-5-3-7-13(17-11)18-15(21)12-6-4-8-19(10-12)14(20)9-16-2/h3,5,7,12,16H,4,6,8-10H2,1-2H3,(H,17,18,21). The monoisotopic (exact) mass is 290 g/mol. The zero-order valence-corrected chi connectivity index (χ0v) is 12.6. The van der Waals surface area contributed by atoms with Gasteiger partial charge in [0.15, 0.2) is 0 Å². The third-order valence-electron chi connectivity index (χ3n) is 3.61. The smallest absolute Gasteiger partial charge is 0.236 e. The minimum absolute atomic E-state index is 0.0451. The molecule has 0 spiro atoms. The number of likely N-dealkylation sites (tertiary alicyclic amines) is 1. The molecule has 21 heavy (non-hydrogen) atoms. The number of pyridine rings is 1. The van der Waals surface area contributed by atoms with Crippen LogP contribution < -0.4 is 10.6 Å². The average molecular weight is 290 g/mol. The molecule has 2 rings (SSSR count). The van der Waals surface area contributed by atoms with Gasteiger partial charge in [-0.05, 0) is 38.9 Å². The van der Waals surface area contributed by atoms with Crippen LogP contribution in [0, 0.1) is 12.8 Å². The number of hydrogen-bond donors (Lipinski definition) is 2. The molecular formula is C15H22N4O2. The summed E-state index contributed by atoms with van der Waals surface area (Å²) in [6.07, 6.45) is 1.66. The van der Waals surface area contributed by atoms with Gasteiger partial charge in [0.2, 0.25) is 11.8 Å². The Morgan fingerprint density at radius 2 is 2.24 bits per heavy atom. The number of amides is 2. The lowest BCUT2D eigenvalue weighted by Gasteiger charge is -2.32. The van der Waals surface area contributed by atoms with Crippen molar-refractivity contribution in [2.24, 2.45) is 5.92 Å². The van der Waals surface area contributed by atoms with E-state index in [2.05, 4.69) is 15.6 Å². The van der Waals surface area contributed by atoms with Crippen LogP contribution in [0.2, 0.25) is 0 Å². The third-order valence-corrected chi connectivity index (χ3v) is 3.61. The third kappa shape index (κ3) is 4.26. The van der Waals surface area contributed by atoms with Crippen LogP contribution in [-0.2, 0) is 9.59 Å². The van der Waals surface area contributed by atoms with Crippen molar-refractivity contribution in [1.29, 1.82) is 0 Å². The van der Waals surface area contributed by atoms with E-state index in [1.807, 2.05) is 19.1 Å². The Morgan fingerprint density at radius 1 is 1.43 bits per heavy atom. The predicted molar refractivity (Wildman–Crippen MR) is 80.8 cm³/mol. The SMILES string of the molecule is CNCC(=O)N1CCCC(C(=O)Nc2cccc(C)n2)C1. The van der Waals surface area contributed by atoms with Crippen molar-refractivity contribution in [2.75, 3.05) is 32.0 Å². The Morgan fingerprint density at radius 3 is 2.95 bits per heavy atom. The number of aromatic nitrogens is 1. The number of nitrogens with zero attached hydrogens (tertiary/aromatic N) is 2. The number of likely N-dealkylation sites (N-methyl/N-ethyl adjacent to an activating group) is 1. The molecule has 6 heteroatoms. The molecular weight excluding hydrogens is 268 g/mol. The number of rotatable bonds is 4. The molecule has 1 aromatic heterocycles. The number of hydrogen-bond acceptors (Lipinski definition) is 4. The molecule has 0 aromatic carbocycles. The highest BCUT2D eigenvalue weighted by molar-refractivity contribution is 5.92. The summed E-state index contributed by atoms with van der Waals surface area (Å²) in [5.41, 5.74) is 0.863. The molecule has 1 aromatic rings. The summed E-state index contributed by atoms with van der Waals surface area (Å²) in [4.78, 5) is 30.2. The van der Waals surface area contributed by atoms with E-state index in [9.17, 15) is 9.59 Å². The summed E-state index contributed by atoms with van der Waals surface area (Å²) in [5.74, 6) is 0.388. The fourth-order valence-corrected chi connectivity index (χ4v) is 2.52. The second-order valence-electron chi connectivity index (χ2n) is 5.36. The van der Waals surface area contributed by atoms with Crippen LogP contribution in [0.5, 0.6) is 0 Å². The van der Waals surface area contributed by atoms with E-state index in [-0.39, 0.29) is 17.7 Å². The van der Waals surface area contributed by atoms with Crippen molar-refractivity contribution in [3.8, 4) is 0 Å². The fourth-order valence-electron chi connectivity index (χ4n) is 2.52. The molecule has 1 unspecified atom stereocenters. The van der Waals surface area contributed by atoms with E-state index in [0.717, 1.165) is 25.1 Å². The van der Waals surface area contributed by atoms with Gasteiger partial charge in [-0.1, -0.05) is 6.07 Å². The summed E-state index contributed by atoms with van der Waals surface area (Å²) in [5, 5.41) is 5.69. The zero-order valence-electron chi connectivity index (χ0n) is 12.6. The van der Waals surface area contributed by atoms with Crippen LogP contribution in [0.25, 0.3) is 0 Å². The van der Waals surface area contributed by atoms with Gasteiger partial charge in [-0.25, -0.2) is 4.98 Å². The number of carbonyl (C=O) groups is 2. The van der Waals surface area contributed by atoms with Crippen LogP contribution in [0.4, 0.5) is 5.82 Å². The van der Waals surface area contributed by atoms with Gasteiger partial charge >= 0.3 is 0 Å². The van der Waals surface area contributed by atoms with E-state index < -0.39 is 0 Å². The van der Waals surface area contributed by atoms with Gasteiger partial charge in [-0.2, -0.15) is 0 Å².